The Labute approximate surface area is 150 Å². The summed E-state index contributed by atoms with van der Waals surface area (Å²) >= 11 is 0. The zero-order chi connectivity index (χ0) is 18.7. The van der Waals surface area contributed by atoms with Gasteiger partial charge in [0, 0.05) is 32.8 Å². The molecule has 1 unspecified atom stereocenters. The monoisotopic (exact) mass is 371 g/mol. The lowest BCUT2D eigenvalue weighted by Crippen LogP contribution is -2.43. The van der Waals surface area contributed by atoms with Crippen molar-refractivity contribution in [3.05, 3.63) is 23.8 Å². The molecule has 5 nitrogen and oxygen atoms in total. The topological polar surface area (TPSA) is 55.8 Å². The molecule has 0 saturated carbocycles. The fourth-order valence-electron chi connectivity index (χ4n) is 3.64. The number of anilines is 2. The van der Waals surface area contributed by atoms with E-state index in [2.05, 4.69) is 5.32 Å². The SMILES string of the molecule is O=C(Nc1cc(C(F)(F)F)ccc1N1CCCC1)N1CCCC(CO)C1. The zero-order valence-electron chi connectivity index (χ0n) is 14.6. The van der Waals surface area contributed by atoms with E-state index in [1.807, 2.05) is 4.90 Å². The molecule has 1 aromatic carbocycles. The fraction of sp³-hybridized carbons (Fsp3) is 0.611. The third-order valence-electron chi connectivity index (χ3n) is 5.08. The highest BCUT2D eigenvalue weighted by molar-refractivity contribution is 5.93. The molecule has 2 aliphatic heterocycles. The lowest BCUT2D eigenvalue weighted by Gasteiger charge is -2.32. The third kappa shape index (κ3) is 4.23. The van der Waals surface area contributed by atoms with Crippen LogP contribution < -0.4 is 10.2 Å². The Hall–Kier alpha value is -1.96. The van der Waals surface area contributed by atoms with Gasteiger partial charge in [-0.15, -0.1) is 0 Å². The molecular formula is C18H24F3N3O2. The number of nitrogens with one attached hydrogen (secondary N) is 1. The van der Waals surface area contributed by atoms with Crippen molar-refractivity contribution in [3.63, 3.8) is 0 Å². The molecule has 2 amide bonds. The number of halogens is 3. The molecule has 2 N–H and O–H groups in total. The number of alkyl halides is 3. The molecule has 2 aliphatic rings. The highest BCUT2D eigenvalue weighted by Crippen LogP contribution is 2.36. The molecule has 3 rings (SSSR count). The Bertz CT molecular complexity index is 645. The number of carbonyl (C=O) groups is 1. The molecule has 0 aromatic heterocycles. The van der Waals surface area contributed by atoms with Crippen LogP contribution in [0.15, 0.2) is 18.2 Å². The summed E-state index contributed by atoms with van der Waals surface area (Å²) in [6, 6.07) is 3.10. The van der Waals surface area contributed by atoms with Crippen molar-refractivity contribution in [3.8, 4) is 0 Å². The predicted molar refractivity (Wildman–Crippen MR) is 93.3 cm³/mol. The van der Waals surface area contributed by atoms with Gasteiger partial charge in [-0.2, -0.15) is 13.2 Å². The van der Waals surface area contributed by atoms with Gasteiger partial charge < -0.3 is 20.2 Å². The van der Waals surface area contributed by atoms with E-state index in [-0.39, 0.29) is 18.2 Å². The number of benzene rings is 1. The quantitative estimate of drug-likeness (QED) is 0.855. The number of urea groups is 1. The van der Waals surface area contributed by atoms with Gasteiger partial charge in [0.25, 0.3) is 0 Å². The first kappa shape index (κ1) is 18.8. The van der Waals surface area contributed by atoms with Crippen LogP contribution in [0.3, 0.4) is 0 Å². The van der Waals surface area contributed by atoms with Crippen LogP contribution in [0.1, 0.15) is 31.2 Å². The molecule has 144 valence electrons. The van der Waals surface area contributed by atoms with Crippen LogP contribution in [0.5, 0.6) is 0 Å². The van der Waals surface area contributed by atoms with E-state index in [0.29, 0.717) is 18.8 Å². The van der Waals surface area contributed by atoms with Crippen LogP contribution in [0.2, 0.25) is 0 Å². The summed E-state index contributed by atoms with van der Waals surface area (Å²) in [6.45, 7) is 2.50. The van der Waals surface area contributed by atoms with Gasteiger partial charge in [-0.1, -0.05) is 0 Å². The second-order valence-corrected chi connectivity index (χ2v) is 6.99. The van der Waals surface area contributed by atoms with Crippen LogP contribution >= 0.6 is 0 Å². The first-order valence-corrected chi connectivity index (χ1v) is 9.01. The van der Waals surface area contributed by atoms with E-state index in [1.54, 1.807) is 4.90 Å². The van der Waals surface area contributed by atoms with Gasteiger partial charge >= 0.3 is 12.2 Å². The fourth-order valence-corrected chi connectivity index (χ4v) is 3.64. The highest BCUT2D eigenvalue weighted by atomic mass is 19.4. The van der Waals surface area contributed by atoms with Crippen molar-refractivity contribution in [1.82, 2.24) is 4.90 Å². The molecule has 1 aromatic rings. The number of carbonyl (C=O) groups excluding carboxylic acids is 1. The van der Waals surface area contributed by atoms with Gasteiger partial charge in [-0.05, 0) is 49.8 Å². The van der Waals surface area contributed by atoms with E-state index in [0.717, 1.165) is 50.9 Å². The van der Waals surface area contributed by atoms with E-state index < -0.39 is 17.8 Å². The summed E-state index contributed by atoms with van der Waals surface area (Å²) in [6.07, 6.45) is -0.864. The summed E-state index contributed by atoms with van der Waals surface area (Å²) in [5.74, 6) is 0.0223. The second-order valence-electron chi connectivity index (χ2n) is 6.99. The van der Waals surface area contributed by atoms with E-state index in [4.69, 9.17) is 0 Å². The van der Waals surface area contributed by atoms with E-state index in [1.165, 1.54) is 6.07 Å². The number of aliphatic hydroxyl groups is 1. The van der Waals surface area contributed by atoms with Gasteiger partial charge in [-0.25, -0.2) is 4.79 Å². The van der Waals surface area contributed by atoms with Crippen LogP contribution in [0, 0.1) is 5.92 Å². The van der Waals surface area contributed by atoms with Crippen LogP contribution in [-0.4, -0.2) is 48.8 Å². The average Bonchev–Trinajstić information content (AvgIpc) is 3.15. The molecule has 2 fully saturated rings. The second kappa shape index (κ2) is 7.73. The van der Waals surface area contributed by atoms with Gasteiger partial charge in [-0.3, -0.25) is 0 Å². The van der Waals surface area contributed by atoms with Gasteiger partial charge in [0.15, 0.2) is 0 Å². The van der Waals surface area contributed by atoms with Gasteiger partial charge in [0.2, 0.25) is 0 Å². The Kier molecular flexibility index (Phi) is 5.60. The van der Waals surface area contributed by atoms with E-state index >= 15 is 0 Å². The summed E-state index contributed by atoms with van der Waals surface area (Å²) in [4.78, 5) is 16.2. The number of aliphatic hydroxyl groups excluding tert-OH is 1. The molecule has 0 aliphatic carbocycles. The summed E-state index contributed by atoms with van der Waals surface area (Å²) < 4.78 is 39.3. The van der Waals surface area contributed by atoms with Crippen molar-refractivity contribution >= 4 is 17.4 Å². The van der Waals surface area contributed by atoms with Crippen LogP contribution in [-0.2, 0) is 6.18 Å². The summed E-state index contributed by atoms with van der Waals surface area (Å²) in [5.41, 5.74) is 0.0417. The maximum Gasteiger partial charge on any atom is 0.416 e. The minimum absolute atomic E-state index is 0.00632. The predicted octanol–water partition coefficient (Wildman–Crippen LogP) is 3.54. The standard InChI is InChI=1S/C18H24F3N3O2/c19-18(20,21)14-5-6-16(23-7-1-2-8-23)15(10-14)22-17(26)24-9-3-4-13(11-24)12-25/h5-6,10,13,25H,1-4,7-9,11-12H2,(H,22,26). The Morgan fingerprint density at radius 2 is 1.92 bits per heavy atom. The average molecular weight is 371 g/mol. The third-order valence-corrected chi connectivity index (χ3v) is 5.08. The van der Waals surface area contributed by atoms with Crippen molar-refractivity contribution in [2.24, 2.45) is 5.92 Å². The molecule has 0 radical (unpaired) electrons. The number of rotatable bonds is 3. The van der Waals surface area contributed by atoms with Crippen LogP contribution in [0.4, 0.5) is 29.3 Å². The Morgan fingerprint density at radius 1 is 1.19 bits per heavy atom. The first-order valence-electron chi connectivity index (χ1n) is 9.01. The molecular weight excluding hydrogens is 347 g/mol. The number of piperidine rings is 1. The number of hydrogen-bond donors (Lipinski definition) is 2. The normalized spacial score (nSPS) is 21.2. The minimum atomic E-state index is -4.46. The smallest absolute Gasteiger partial charge is 0.396 e. The van der Waals surface area contributed by atoms with E-state index in [9.17, 15) is 23.1 Å². The van der Waals surface area contributed by atoms with Crippen molar-refractivity contribution in [2.45, 2.75) is 31.9 Å². The number of amides is 2. The Morgan fingerprint density at radius 3 is 2.58 bits per heavy atom. The van der Waals surface area contributed by atoms with Crippen molar-refractivity contribution in [1.29, 1.82) is 0 Å². The molecule has 2 saturated heterocycles. The molecule has 8 heteroatoms. The number of nitrogens with zero attached hydrogens (tertiary/aromatic N) is 2. The largest absolute Gasteiger partial charge is 0.416 e. The lowest BCUT2D eigenvalue weighted by atomic mass is 9.99. The molecule has 0 bridgehead atoms. The molecule has 26 heavy (non-hydrogen) atoms. The lowest BCUT2D eigenvalue weighted by molar-refractivity contribution is -0.137. The first-order chi connectivity index (χ1) is 12.4. The molecule has 1 atom stereocenters. The van der Waals surface area contributed by atoms with Crippen LogP contribution in [0.25, 0.3) is 0 Å². The van der Waals surface area contributed by atoms with Gasteiger partial charge in [0.1, 0.15) is 0 Å². The zero-order valence-corrected chi connectivity index (χ0v) is 14.6. The van der Waals surface area contributed by atoms with Crippen molar-refractivity contribution < 1.29 is 23.1 Å². The molecule has 0 spiro atoms. The summed E-state index contributed by atoms with van der Waals surface area (Å²) in [7, 11) is 0. The number of likely N-dealkylation sites (tertiary alicyclic amines) is 1. The highest BCUT2D eigenvalue weighted by Gasteiger charge is 2.32. The Balaban J connectivity index is 1.82. The maximum atomic E-state index is 13.1. The van der Waals surface area contributed by atoms with Crippen molar-refractivity contribution in [2.75, 3.05) is 43.0 Å². The molecule has 2 heterocycles. The summed E-state index contributed by atoms with van der Waals surface area (Å²) in [5, 5.41) is 12.0. The maximum absolute atomic E-state index is 13.1. The van der Waals surface area contributed by atoms with Gasteiger partial charge in [0.05, 0.1) is 16.9 Å². The number of hydrogen-bond acceptors (Lipinski definition) is 3. The minimum Gasteiger partial charge on any atom is -0.396 e.